The van der Waals surface area contributed by atoms with Crippen LogP contribution in [0.15, 0.2) is 54.6 Å². The first-order chi connectivity index (χ1) is 16.1. The van der Waals surface area contributed by atoms with Gasteiger partial charge in [0.15, 0.2) is 11.5 Å². The fourth-order valence-corrected chi connectivity index (χ4v) is 5.34. The molecule has 6 heteroatoms. The highest BCUT2D eigenvalue weighted by molar-refractivity contribution is 5.85. The minimum atomic E-state index is -0.611. The standard InChI is InChI=1S/C27H24F2N2O2/c1-32-26-13-21-17(10-27(26)33-15-16-8-18(28)11-19(29)9-16)6-7-31-14-24-22(12-25(21)31)20-4-2-3-5-23(20)30-24/h2-5,8-11,13,25,30H,6-7,12,14-15H2,1H3. The lowest BCUT2D eigenvalue weighted by Gasteiger charge is -2.40. The number of hydrogen-bond acceptors (Lipinski definition) is 3. The van der Waals surface area contributed by atoms with Crippen molar-refractivity contribution in [2.75, 3.05) is 13.7 Å². The van der Waals surface area contributed by atoms with Crippen molar-refractivity contribution in [3.8, 4) is 11.5 Å². The zero-order valence-corrected chi connectivity index (χ0v) is 18.3. The average Bonchev–Trinajstić information content (AvgIpc) is 3.17. The second-order valence-electron chi connectivity index (χ2n) is 8.84. The number of rotatable bonds is 4. The first kappa shape index (κ1) is 20.2. The molecule has 3 aromatic carbocycles. The van der Waals surface area contributed by atoms with E-state index in [1.807, 2.05) is 6.07 Å². The van der Waals surface area contributed by atoms with Gasteiger partial charge in [-0.1, -0.05) is 18.2 Å². The van der Waals surface area contributed by atoms with Crippen molar-refractivity contribution in [2.24, 2.45) is 0 Å². The maximum absolute atomic E-state index is 13.5. The molecule has 0 saturated heterocycles. The van der Waals surface area contributed by atoms with Crippen molar-refractivity contribution < 1.29 is 18.3 Å². The normalized spacial score (nSPS) is 17.4. The minimum Gasteiger partial charge on any atom is -0.493 e. The van der Waals surface area contributed by atoms with Crippen LogP contribution in [0.1, 0.15) is 34.0 Å². The Bertz CT molecular complexity index is 1340. The molecule has 2 aliphatic rings. The molecule has 3 heterocycles. The predicted octanol–water partition coefficient (Wildman–Crippen LogP) is 5.69. The molecular weight excluding hydrogens is 422 g/mol. The fourth-order valence-electron chi connectivity index (χ4n) is 5.34. The molecule has 4 aromatic rings. The van der Waals surface area contributed by atoms with Crippen molar-refractivity contribution in [2.45, 2.75) is 32.0 Å². The molecule has 1 unspecified atom stereocenters. The Hall–Kier alpha value is -3.38. The lowest BCUT2D eigenvalue weighted by atomic mass is 9.85. The van der Waals surface area contributed by atoms with Gasteiger partial charge in [-0.05, 0) is 65.4 Å². The van der Waals surface area contributed by atoms with Gasteiger partial charge in [0.25, 0.3) is 0 Å². The summed E-state index contributed by atoms with van der Waals surface area (Å²) in [5.74, 6) is 0.00949. The van der Waals surface area contributed by atoms with E-state index in [9.17, 15) is 8.78 Å². The molecule has 0 radical (unpaired) electrons. The Morgan fingerprint density at radius 3 is 2.67 bits per heavy atom. The van der Waals surface area contributed by atoms with Crippen molar-refractivity contribution in [1.29, 1.82) is 0 Å². The minimum absolute atomic E-state index is 0.0675. The number of aromatic amines is 1. The average molecular weight is 446 g/mol. The molecule has 1 N–H and O–H groups in total. The Morgan fingerprint density at radius 2 is 1.85 bits per heavy atom. The number of benzene rings is 3. The van der Waals surface area contributed by atoms with E-state index in [2.05, 4.69) is 40.2 Å². The SMILES string of the molecule is COc1cc2c(cc1OCc1cc(F)cc(F)c1)CCN1Cc3[nH]c4ccccc4c3CC21. The van der Waals surface area contributed by atoms with Crippen molar-refractivity contribution in [3.05, 3.63) is 94.2 Å². The number of fused-ring (bicyclic) bond motifs is 6. The quantitative estimate of drug-likeness (QED) is 0.438. The third-order valence-electron chi connectivity index (χ3n) is 6.87. The number of nitrogens with one attached hydrogen (secondary N) is 1. The molecule has 0 saturated carbocycles. The van der Waals surface area contributed by atoms with Gasteiger partial charge in [-0.3, -0.25) is 4.90 Å². The number of nitrogens with zero attached hydrogens (tertiary/aromatic N) is 1. The first-order valence-corrected chi connectivity index (χ1v) is 11.2. The van der Waals surface area contributed by atoms with Crippen LogP contribution in [0.3, 0.4) is 0 Å². The highest BCUT2D eigenvalue weighted by Crippen LogP contribution is 2.44. The summed E-state index contributed by atoms with van der Waals surface area (Å²) in [5.41, 5.74) is 6.84. The second-order valence-corrected chi connectivity index (χ2v) is 8.84. The van der Waals surface area contributed by atoms with Crippen molar-refractivity contribution in [3.63, 3.8) is 0 Å². The van der Waals surface area contributed by atoms with Crippen LogP contribution in [0.5, 0.6) is 11.5 Å². The monoisotopic (exact) mass is 446 g/mol. The van der Waals surface area contributed by atoms with Gasteiger partial charge in [0, 0.05) is 41.8 Å². The molecule has 0 amide bonds. The summed E-state index contributed by atoms with van der Waals surface area (Å²) in [6.07, 6.45) is 1.86. The van der Waals surface area contributed by atoms with E-state index in [0.717, 1.165) is 32.0 Å². The maximum atomic E-state index is 13.5. The predicted molar refractivity (Wildman–Crippen MR) is 123 cm³/mol. The van der Waals surface area contributed by atoms with Crippen LogP contribution in [0.25, 0.3) is 10.9 Å². The van der Waals surface area contributed by atoms with E-state index in [1.54, 1.807) is 7.11 Å². The van der Waals surface area contributed by atoms with Crippen LogP contribution in [-0.2, 0) is 26.0 Å². The Labute approximate surface area is 190 Å². The van der Waals surface area contributed by atoms with Gasteiger partial charge >= 0.3 is 0 Å². The molecule has 6 rings (SSSR count). The maximum Gasteiger partial charge on any atom is 0.161 e. The van der Waals surface area contributed by atoms with Gasteiger partial charge in [-0.25, -0.2) is 8.78 Å². The van der Waals surface area contributed by atoms with Gasteiger partial charge in [-0.2, -0.15) is 0 Å². The molecule has 2 aliphatic heterocycles. The zero-order chi connectivity index (χ0) is 22.5. The first-order valence-electron chi connectivity index (χ1n) is 11.2. The summed E-state index contributed by atoms with van der Waals surface area (Å²) in [7, 11) is 1.62. The smallest absolute Gasteiger partial charge is 0.161 e. The van der Waals surface area contributed by atoms with Gasteiger partial charge in [0.1, 0.15) is 18.2 Å². The molecule has 0 aliphatic carbocycles. The topological polar surface area (TPSA) is 37.5 Å². The van der Waals surface area contributed by atoms with Crippen LogP contribution < -0.4 is 9.47 Å². The van der Waals surface area contributed by atoms with E-state index in [1.165, 1.54) is 45.4 Å². The van der Waals surface area contributed by atoms with Crippen LogP contribution in [0, 0.1) is 11.6 Å². The summed E-state index contributed by atoms with van der Waals surface area (Å²) in [6, 6.07) is 16.3. The van der Waals surface area contributed by atoms with Crippen LogP contribution in [-0.4, -0.2) is 23.5 Å². The third kappa shape index (κ3) is 3.55. The van der Waals surface area contributed by atoms with E-state index >= 15 is 0 Å². The lowest BCUT2D eigenvalue weighted by molar-refractivity contribution is 0.158. The highest BCUT2D eigenvalue weighted by Gasteiger charge is 2.34. The summed E-state index contributed by atoms with van der Waals surface area (Å²) < 4.78 is 38.7. The highest BCUT2D eigenvalue weighted by atomic mass is 19.1. The molecule has 4 nitrogen and oxygen atoms in total. The fraction of sp³-hybridized carbons (Fsp3) is 0.259. The molecule has 168 valence electrons. The summed E-state index contributed by atoms with van der Waals surface area (Å²) >= 11 is 0. The largest absolute Gasteiger partial charge is 0.493 e. The summed E-state index contributed by atoms with van der Waals surface area (Å²) in [6.45, 7) is 1.94. The van der Waals surface area contributed by atoms with Gasteiger partial charge in [-0.15, -0.1) is 0 Å². The number of aromatic nitrogens is 1. The number of para-hydroxylation sites is 1. The molecular formula is C27H24F2N2O2. The summed E-state index contributed by atoms with van der Waals surface area (Å²) in [5, 5.41) is 1.30. The van der Waals surface area contributed by atoms with Crippen LogP contribution >= 0.6 is 0 Å². The van der Waals surface area contributed by atoms with Crippen molar-refractivity contribution >= 4 is 10.9 Å². The van der Waals surface area contributed by atoms with Gasteiger partial charge < -0.3 is 14.5 Å². The lowest BCUT2D eigenvalue weighted by Crippen LogP contribution is -2.39. The number of methoxy groups -OCH3 is 1. The number of halogens is 2. The third-order valence-corrected chi connectivity index (χ3v) is 6.87. The number of ether oxygens (including phenoxy) is 2. The summed E-state index contributed by atoms with van der Waals surface area (Å²) in [4.78, 5) is 6.13. The van der Waals surface area contributed by atoms with E-state index in [0.29, 0.717) is 17.1 Å². The van der Waals surface area contributed by atoms with Crippen molar-refractivity contribution in [1.82, 2.24) is 9.88 Å². The van der Waals surface area contributed by atoms with E-state index in [4.69, 9.17) is 9.47 Å². The van der Waals surface area contributed by atoms with Crippen LogP contribution in [0.2, 0.25) is 0 Å². The Kier molecular flexibility index (Phi) is 4.84. The van der Waals surface area contributed by atoms with Crippen LogP contribution in [0.4, 0.5) is 8.78 Å². The Balaban J connectivity index is 1.32. The van der Waals surface area contributed by atoms with Gasteiger partial charge in [0.2, 0.25) is 0 Å². The molecule has 0 bridgehead atoms. The van der Waals surface area contributed by atoms with E-state index in [-0.39, 0.29) is 12.6 Å². The number of H-pyrrole nitrogens is 1. The van der Waals surface area contributed by atoms with E-state index < -0.39 is 11.6 Å². The zero-order valence-electron chi connectivity index (χ0n) is 18.3. The second kappa shape index (κ2) is 7.89. The Morgan fingerprint density at radius 1 is 1.03 bits per heavy atom. The molecule has 0 fully saturated rings. The molecule has 1 atom stereocenters. The molecule has 0 spiro atoms. The molecule has 1 aromatic heterocycles. The number of hydrogen-bond donors (Lipinski definition) is 1. The van der Waals surface area contributed by atoms with Gasteiger partial charge in [0.05, 0.1) is 7.11 Å². The molecule has 33 heavy (non-hydrogen) atoms.